The molecule has 1 atom stereocenters. The molecule has 4 heteroatoms. The summed E-state index contributed by atoms with van der Waals surface area (Å²) in [5.41, 5.74) is -0.750. The third kappa shape index (κ3) is 3.31. The van der Waals surface area contributed by atoms with Crippen molar-refractivity contribution in [1.82, 2.24) is 0 Å². The first-order valence-corrected chi connectivity index (χ1v) is 6.19. The molecular formula is C15H13ClF2O. The summed E-state index contributed by atoms with van der Waals surface area (Å²) in [4.78, 5) is 0. The smallest absolute Gasteiger partial charge is 0.129 e. The van der Waals surface area contributed by atoms with Crippen LogP contribution in [0.5, 0.6) is 0 Å². The molecule has 1 nitrogen and oxygen atoms in total. The van der Waals surface area contributed by atoms with E-state index in [0.29, 0.717) is 5.02 Å². The van der Waals surface area contributed by atoms with Crippen molar-refractivity contribution in [3.8, 4) is 0 Å². The zero-order chi connectivity index (χ0) is 14.0. The van der Waals surface area contributed by atoms with Gasteiger partial charge in [-0.2, -0.15) is 0 Å². The van der Waals surface area contributed by atoms with Gasteiger partial charge in [-0.15, -0.1) is 0 Å². The number of aliphatic hydroxyl groups is 1. The molecule has 2 aromatic rings. The summed E-state index contributed by atoms with van der Waals surface area (Å²) in [6, 6.07) is 9.93. The van der Waals surface area contributed by atoms with Crippen LogP contribution in [0.4, 0.5) is 8.78 Å². The molecular weight excluding hydrogens is 270 g/mol. The molecule has 0 amide bonds. The standard InChI is InChI=1S/C15H13ClF2O/c1-15(19,9-10-2-4-11(16)5-3-10)13-8-12(17)6-7-14(13)18/h2-8,19H,9H2,1H3. The van der Waals surface area contributed by atoms with Crippen LogP contribution in [0, 0.1) is 11.6 Å². The second-order valence-electron chi connectivity index (χ2n) is 4.70. The second kappa shape index (κ2) is 5.27. The largest absolute Gasteiger partial charge is 0.385 e. The molecule has 0 aliphatic carbocycles. The Balaban J connectivity index is 2.31. The van der Waals surface area contributed by atoms with Crippen LogP contribution >= 0.6 is 11.6 Å². The van der Waals surface area contributed by atoms with E-state index in [9.17, 15) is 13.9 Å². The number of halogens is 3. The maximum Gasteiger partial charge on any atom is 0.129 e. The van der Waals surface area contributed by atoms with E-state index in [0.717, 1.165) is 23.8 Å². The fraction of sp³-hybridized carbons (Fsp3) is 0.200. The van der Waals surface area contributed by atoms with Gasteiger partial charge in [-0.3, -0.25) is 0 Å². The Morgan fingerprint density at radius 1 is 1.11 bits per heavy atom. The van der Waals surface area contributed by atoms with Crippen LogP contribution in [-0.4, -0.2) is 5.11 Å². The second-order valence-corrected chi connectivity index (χ2v) is 5.14. The van der Waals surface area contributed by atoms with Gasteiger partial charge in [0.1, 0.15) is 11.6 Å². The van der Waals surface area contributed by atoms with Gasteiger partial charge >= 0.3 is 0 Å². The molecule has 1 unspecified atom stereocenters. The third-order valence-electron chi connectivity index (χ3n) is 2.97. The van der Waals surface area contributed by atoms with Gasteiger partial charge in [0.05, 0.1) is 5.60 Å². The van der Waals surface area contributed by atoms with Crippen molar-refractivity contribution in [3.63, 3.8) is 0 Å². The average molecular weight is 283 g/mol. The van der Waals surface area contributed by atoms with Crippen LogP contribution in [0.1, 0.15) is 18.1 Å². The van der Waals surface area contributed by atoms with Crippen molar-refractivity contribution in [2.24, 2.45) is 0 Å². The number of hydrogen-bond acceptors (Lipinski definition) is 1. The van der Waals surface area contributed by atoms with Gasteiger partial charge in [-0.1, -0.05) is 23.7 Å². The minimum Gasteiger partial charge on any atom is -0.385 e. The zero-order valence-corrected chi connectivity index (χ0v) is 11.1. The summed E-state index contributed by atoms with van der Waals surface area (Å²) >= 11 is 5.77. The molecule has 100 valence electrons. The highest BCUT2D eigenvalue weighted by atomic mass is 35.5. The highest BCUT2D eigenvalue weighted by molar-refractivity contribution is 6.30. The topological polar surface area (TPSA) is 20.2 Å². The molecule has 0 fully saturated rings. The monoisotopic (exact) mass is 282 g/mol. The highest BCUT2D eigenvalue weighted by Crippen LogP contribution is 2.28. The molecule has 0 aliphatic rings. The van der Waals surface area contributed by atoms with E-state index in [1.165, 1.54) is 6.92 Å². The Labute approximate surface area is 115 Å². The van der Waals surface area contributed by atoms with Crippen molar-refractivity contribution in [1.29, 1.82) is 0 Å². The summed E-state index contributed by atoms with van der Waals surface area (Å²) in [5.74, 6) is -1.20. The van der Waals surface area contributed by atoms with Crippen LogP contribution in [0.15, 0.2) is 42.5 Å². The van der Waals surface area contributed by atoms with Crippen molar-refractivity contribution >= 4 is 11.6 Å². The van der Waals surface area contributed by atoms with Crippen LogP contribution < -0.4 is 0 Å². The SMILES string of the molecule is CC(O)(Cc1ccc(Cl)cc1)c1cc(F)ccc1F. The van der Waals surface area contributed by atoms with E-state index >= 15 is 0 Å². The van der Waals surface area contributed by atoms with E-state index in [2.05, 4.69) is 0 Å². The molecule has 0 radical (unpaired) electrons. The molecule has 2 rings (SSSR count). The Morgan fingerprint density at radius 3 is 2.37 bits per heavy atom. The van der Waals surface area contributed by atoms with Gasteiger partial charge in [-0.05, 0) is 42.8 Å². The molecule has 0 saturated carbocycles. The first-order valence-electron chi connectivity index (χ1n) is 5.81. The van der Waals surface area contributed by atoms with Crippen molar-refractivity contribution in [2.75, 3.05) is 0 Å². The Morgan fingerprint density at radius 2 is 1.74 bits per heavy atom. The summed E-state index contributed by atoms with van der Waals surface area (Å²) in [5, 5.41) is 11.0. The Kier molecular flexibility index (Phi) is 3.88. The third-order valence-corrected chi connectivity index (χ3v) is 3.22. The van der Waals surface area contributed by atoms with Gasteiger partial charge < -0.3 is 5.11 Å². The lowest BCUT2D eigenvalue weighted by Crippen LogP contribution is -2.26. The number of hydrogen-bond donors (Lipinski definition) is 1. The molecule has 1 N–H and O–H groups in total. The fourth-order valence-electron chi connectivity index (χ4n) is 2.01. The lowest BCUT2D eigenvalue weighted by Gasteiger charge is -2.24. The lowest BCUT2D eigenvalue weighted by atomic mass is 9.88. The molecule has 0 aliphatic heterocycles. The molecule has 0 saturated heterocycles. The average Bonchev–Trinajstić information content (AvgIpc) is 2.35. The quantitative estimate of drug-likeness (QED) is 0.900. The fourth-order valence-corrected chi connectivity index (χ4v) is 2.13. The molecule has 0 spiro atoms. The van der Waals surface area contributed by atoms with Gasteiger partial charge in [0.25, 0.3) is 0 Å². The number of rotatable bonds is 3. The summed E-state index contributed by atoms with van der Waals surface area (Å²) < 4.78 is 26.9. The summed E-state index contributed by atoms with van der Waals surface area (Å²) in [6.45, 7) is 1.46. The van der Waals surface area contributed by atoms with Crippen molar-refractivity contribution in [2.45, 2.75) is 18.9 Å². The van der Waals surface area contributed by atoms with Gasteiger partial charge in [0, 0.05) is 17.0 Å². The molecule has 19 heavy (non-hydrogen) atoms. The molecule has 0 bridgehead atoms. The molecule has 0 heterocycles. The minimum atomic E-state index is -1.49. The zero-order valence-electron chi connectivity index (χ0n) is 10.3. The van der Waals surface area contributed by atoms with Crippen LogP contribution in [0.2, 0.25) is 5.02 Å². The normalized spacial score (nSPS) is 14.2. The Bertz CT molecular complexity index is 579. The first kappa shape index (κ1) is 14.0. The van der Waals surface area contributed by atoms with Crippen LogP contribution in [-0.2, 0) is 12.0 Å². The van der Waals surface area contributed by atoms with E-state index in [-0.39, 0.29) is 12.0 Å². The van der Waals surface area contributed by atoms with E-state index < -0.39 is 17.2 Å². The number of benzene rings is 2. The van der Waals surface area contributed by atoms with Gasteiger partial charge in [0.2, 0.25) is 0 Å². The maximum absolute atomic E-state index is 13.7. The van der Waals surface area contributed by atoms with Crippen molar-refractivity contribution < 1.29 is 13.9 Å². The lowest BCUT2D eigenvalue weighted by molar-refractivity contribution is 0.0534. The highest BCUT2D eigenvalue weighted by Gasteiger charge is 2.27. The van der Waals surface area contributed by atoms with E-state index in [4.69, 9.17) is 11.6 Å². The predicted molar refractivity (Wildman–Crippen MR) is 71.1 cm³/mol. The van der Waals surface area contributed by atoms with Crippen molar-refractivity contribution in [3.05, 3.63) is 70.2 Å². The maximum atomic E-state index is 13.7. The van der Waals surface area contributed by atoms with Crippen LogP contribution in [0.25, 0.3) is 0 Å². The summed E-state index contributed by atoms with van der Waals surface area (Å²) in [7, 11) is 0. The van der Waals surface area contributed by atoms with Gasteiger partial charge in [0.15, 0.2) is 0 Å². The predicted octanol–water partition coefficient (Wildman–Crippen LogP) is 4.07. The molecule has 2 aromatic carbocycles. The van der Waals surface area contributed by atoms with Gasteiger partial charge in [-0.25, -0.2) is 8.78 Å². The summed E-state index contributed by atoms with van der Waals surface area (Å²) in [6.07, 6.45) is 0.171. The Hall–Kier alpha value is -1.45. The van der Waals surface area contributed by atoms with E-state index in [1.807, 2.05) is 0 Å². The van der Waals surface area contributed by atoms with E-state index in [1.54, 1.807) is 24.3 Å². The first-order chi connectivity index (χ1) is 8.88. The molecule has 0 aromatic heterocycles. The van der Waals surface area contributed by atoms with Crippen LogP contribution in [0.3, 0.4) is 0 Å². The minimum absolute atomic E-state index is 0.0533.